The first-order valence-electron chi connectivity index (χ1n) is 13.0. The van der Waals surface area contributed by atoms with E-state index in [0.717, 1.165) is 61.8 Å². The minimum atomic E-state index is -0.133. The smallest absolute Gasteiger partial charge is 0.254 e. The average molecular weight is 470 g/mol. The first-order chi connectivity index (χ1) is 17.2. The maximum Gasteiger partial charge on any atom is 0.254 e. The lowest BCUT2D eigenvalue weighted by atomic mass is 9.94. The van der Waals surface area contributed by atoms with Gasteiger partial charge in [-0.2, -0.15) is 0 Å². The fraction of sp³-hybridized carbons (Fsp3) is 0.400. The maximum atomic E-state index is 13.4. The van der Waals surface area contributed by atoms with Gasteiger partial charge in [-0.25, -0.2) is 0 Å². The van der Waals surface area contributed by atoms with Crippen molar-refractivity contribution >= 4 is 22.6 Å². The van der Waals surface area contributed by atoms with Crippen molar-refractivity contribution < 1.29 is 9.59 Å². The lowest BCUT2D eigenvalue weighted by Crippen LogP contribution is -2.47. The van der Waals surface area contributed by atoms with Crippen molar-refractivity contribution in [3.05, 3.63) is 83.9 Å². The van der Waals surface area contributed by atoms with Gasteiger partial charge in [0.05, 0.1) is 5.92 Å². The standard InChI is InChI=1S/C30H35N3O2/c34-29(31-19-24-11-7-17-32(21-24)20-23-9-2-1-3-10-23)26-14-8-18-33(22-26)30(35)28-16-6-13-25-12-4-5-15-27(25)28/h1-6,9-10,12-13,15-16,24,26H,7-8,11,14,17-22H2,(H,31,34). The molecule has 2 heterocycles. The van der Waals surface area contributed by atoms with E-state index in [1.54, 1.807) is 0 Å². The molecule has 2 aliphatic rings. The highest BCUT2D eigenvalue weighted by atomic mass is 16.2. The Labute approximate surface area is 208 Å². The summed E-state index contributed by atoms with van der Waals surface area (Å²) >= 11 is 0. The molecule has 5 nitrogen and oxygen atoms in total. The predicted molar refractivity (Wildman–Crippen MR) is 140 cm³/mol. The van der Waals surface area contributed by atoms with Crippen LogP contribution in [0.2, 0.25) is 0 Å². The minimum Gasteiger partial charge on any atom is -0.355 e. The third kappa shape index (κ3) is 5.73. The summed E-state index contributed by atoms with van der Waals surface area (Å²) in [5.41, 5.74) is 2.07. The lowest BCUT2D eigenvalue weighted by Gasteiger charge is -2.34. The normalized spacial score (nSPS) is 21.1. The molecule has 0 aromatic heterocycles. The largest absolute Gasteiger partial charge is 0.355 e. The number of nitrogens with one attached hydrogen (secondary N) is 1. The van der Waals surface area contributed by atoms with Crippen LogP contribution in [0.25, 0.3) is 10.8 Å². The Morgan fingerprint density at radius 2 is 1.60 bits per heavy atom. The third-order valence-corrected chi connectivity index (χ3v) is 7.52. The molecule has 2 fully saturated rings. The van der Waals surface area contributed by atoms with Crippen LogP contribution in [0.4, 0.5) is 0 Å². The quantitative estimate of drug-likeness (QED) is 0.568. The molecule has 0 bridgehead atoms. The molecular weight excluding hydrogens is 434 g/mol. The monoisotopic (exact) mass is 469 g/mol. The van der Waals surface area contributed by atoms with E-state index in [1.807, 2.05) is 47.4 Å². The second-order valence-corrected chi connectivity index (χ2v) is 10.1. The second kappa shape index (κ2) is 11.0. The van der Waals surface area contributed by atoms with Crippen LogP contribution >= 0.6 is 0 Å². The number of fused-ring (bicyclic) bond motifs is 1. The average Bonchev–Trinajstić information content (AvgIpc) is 2.92. The summed E-state index contributed by atoms with van der Waals surface area (Å²) in [6.07, 6.45) is 4.03. The van der Waals surface area contributed by atoms with E-state index in [4.69, 9.17) is 0 Å². The van der Waals surface area contributed by atoms with Gasteiger partial charge in [-0.3, -0.25) is 14.5 Å². The summed E-state index contributed by atoms with van der Waals surface area (Å²) in [6.45, 7) is 5.04. The Morgan fingerprint density at radius 1 is 0.829 bits per heavy atom. The number of amides is 2. The van der Waals surface area contributed by atoms with Crippen molar-refractivity contribution in [1.82, 2.24) is 15.1 Å². The van der Waals surface area contributed by atoms with E-state index >= 15 is 0 Å². The molecule has 2 unspecified atom stereocenters. The van der Waals surface area contributed by atoms with Crippen LogP contribution in [0.1, 0.15) is 41.6 Å². The number of piperidine rings is 2. The van der Waals surface area contributed by atoms with Crippen LogP contribution in [-0.4, -0.2) is 54.3 Å². The van der Waals surface area contributed by atoms with E-state index in [-0.39, 0.29) is 17.7 Å². The van der Waals surface area contributed by atoms with Gasteiger partial charge in [0, 0.05) is 38.3 Å². The van der Waals surface area contributed by atoms with Crippen molar-refractivity contribution in [2.75, 3.05) is 32.7 Å². The van der Waals surface area contributed by atoms with Gasteiger partial charge in [-0.15, -0.1) is 0 Å². The molecule has 0 saturated carbocycles. The number of carbonyl (C=O) groups excluding carboxylic acids is 2. The van der Waals surface area contributed by atoms with E-state index < -0.39 is 0 Å². The minimum absolute atomic E-state index is 0.0307. The van der Waals surface area contributed by atoms with Crippen LogP contribution in [0.5, 0.6) is 0 Å². The Hall–Kier alpha value is -3.18. The molecule has 3 aromatic rings. The molecule has 0 spiro atoms. The number of benzene rings is 3. The molecule has 0 aliphatic carbocycles. The fourth-order valence-electron chi connectivity index (χ4n) is 5.65. The lowest BCUT2D eigenvalue weighted by molar-refractivity contribution is -0.126. The van der Waals surface area contributed by atoms with Gasteiger partial charge in [-0.1, -0.05) is 66.7 Å². The summed E-state index contributed by atoms with van der Waals surface area (Å²) in [5.74, 6) is 0.476. The predicted octanol–water partition coefficient (Wildman–Crippen LogP) is 4.72. The number of rotatable bonds is 6. The number of nitrogens with zero attached hydrogens (tertiary/aromatic N) is 2. The molecule has 3 aromatic carbocycles. The summed E-state index contributed by atoms with van der Waals surface area (Å²) in [4.78, 5) is 30.8. The maximum absolute atomic E-state index is 13.4. The van der Waals surface area contributed by atoms with Gasteiger partial charge < -0.3 is 10.2 Å². The summed E-state index contributed by atoms with van der Waals surface area (Å²) < 4.78 is 0. The van der Waals surface area contributed by atoms with Gasteiger partial charge in [0.25, 0.3) is 5.91 Å². The molecule has 2 atom stereocenters. The van der Waals surface area contributed by atoms with E-state index in [2.05, 4.69) is 40.5 Å². The van der Waals surface area contributed by atoms with E-state index in [1.165, 1.54) is 12.0 Å². The van der Waals surface area contributed by atoms with E-state index in [9.17, 15) is 9.59 Å². The first-order valence-corrected chi connectivity index (χ1v) is 13.0. The van der Waals surface area contributed by atoms with Crippen molar-refractivity contribution in [3.8, 4) is 0 Å². The van der Waals surface area contributed by atoms with Gasteiger partial charge in [-0.05, 0) is 60.5 Å². The highest BCUT2D eigenvalue weighted by molar-refractivity contribution is 6.07. The third-order valence-electron chi connectivity index (χ3n) is 7.52. The van der Waals surface area contributed by atoms with Gasteiger partial charge in [0.1, 0.15) is 0 Å². The Morgan fingerprint density at radius 3 is 2.49 bits per heavy atom. The number of hydrogen-bond acceptors (Lipinski definition) is 3. The van der Waals surface area contributed by atoms with Crippen molar-refractivity contribution in [1.29, 1.82) is 0 Å². The molecule has 5 rings (SSSR count). The van der Waals surface area contributed by atoms with Gasteiger partial charge in [0.15, 0.2) is 0 Å². The van der Waals surface area contributed by atoms with Crippen molar-refractivity contribution in [2.45, 2.75) is 32.2 Å². The van der Waals surface area contributed by atoms with Crippen LogP contribution in [0.3, 0.4) is 0 Å². The topological polar surface area (TPSA) is 52.7 Å². The zero-order valence-corrected chi connectivity index (χ0v) is 20.4. The number of hydrogen-bond donors (Lipinski definition) is 1. The molecule has 2 amide bonds. The highest BCUT2D eigenvalue weighted by Gasteiger charge is 2.30. The molecule has 35 heavy (non-hydrogen) atoms. The van der Waals surface area contributed by atoms with E-state index in [0.29, 0.717) is 19.0 Å². The number of likely N-dealkylation sites (tertiary alicyclic amines) is 2. The zero-order chi connectivity index (χ0) is 24.0. The Bertz CT molecular complexity index is 1160. The molecular formula is C30H35N3O2. The highest BCUT2D eigenvalue weighted by Crippen LogP contribution is 2.24. The van der Waals surface area contributed by atoms with Crippen molar-refractivity contribution in [2.24, 2.45) is 11.8 Å². The zero-order valence-electron chi connectivity index (χ0n) is 20.4. The van der Waals surface area contributed by atoms with Crippen molar-refractivity contribution in [3.63, 3.8) is 0 Å². The van der Waals surface area contributed by atoms with Crippen LogP contribution in [0, 0.1) is 11.8 Å². The number of carbonyl (C=O) groups is 2. The molecule has 2 aliphatic heterocycles. The SMILES string of the molecule is O=C(NCC1CCCN(Cc2ccccc2)C1)C1CCCN(C(=O)c2cccc3ccccc23)C1. The molecule has 2 saturated heterocycles. The Kier molecular flexibility index (Phi) is 7.43. The molecule has 0 radical (unpaired) electrons. The molecule has 5 heteroatoms. The van der Waals surface area contributed by atoms with Crippen LogP contribution < -0.4 is 5.32 Å². The van der Waals surface area contributed by atoms with Gasteiger partial charge in [0.2, 0.25) is 5.91 Å². The molecule has 182 valence electrons. The fourth-order valence-corrected chi connectivity index (χ4v) is 5.65. The summed E-state index contributed by atoms with van der Waals surface area (Å²) in [6, 6.07) is 24.5. The summed E-state index contributed by atoms with van der Waals surface area (Å²) in [7, 11) is 0. The Balaban J connectivity index is 1.15. The van der Waals surface area contributed by atoms with Crippen LogP contribution in [0.15, 0.2) is 72.8 Å². The molecule has 1 N–H and O–H groups in total. The van der Waals surface area contributed by atoms with Crippen LogP contribution in [-0.2, 0) is 11.3 Å². The second-order valence-electron chi connectivity index (χ2n) is 10.1. The first kappa shape index (κ1) is 23.6. The summed E-state index contributed by atoms with van der Waals surface area (Å²) in [5, 5.41) is 5.28. The van der Waals surface area contributed by atoms with Gasteiger partial charge >= 0.3 is 0 Å².